The summed E-state index contributed by atoms with van der Waals surface area (Å²) >= 11 is 0. The van der Waals surface area contributed by atoms with Gasteiger partial charge in [-0.3, -0.25) is 9.78 Å². The molecule has 138 valence electrons. The molecule has 4 rings (SSSR count). The third-order valence-corrected chi connectivity index (χ3v) is 5.22. The first kappa shape index (κ1) is 17.3. The van der Waals surface area contributed by atoms with Crippen molar-refractivity contribution in [2.45, 2.75) is 18.9 Å². The molecule has 5 nitrogen and oxygen atoms in total. The van der Waals surface area contributed by atoms with Crippen molar-refractivity contribution >= 4 is 22.5 Å². The molecule has 2 heterocycles. The van der Waals surface area contributed by atoms with Crippen LogP contribution in [0.5, 0.6) is 5.75 Å². The Balaban J connectivity index is 1.68. The van der Waals surface area contributed by atoms with Gasteiger partial charge < -0.3 is 15.0 Å². The Labute approximate surface area is 159 Å². The maximum Gasteiger partial charge on any atom is 0.217 e. The van der Waals surface area contributed by atoms with Crippen LogP contribution >= 0.6 is 0 Å². The lowest BCUT2D eigenvalue weighted by Gasteiger charge is -2.20. The van der Waals surface area contributed by atoms with Crippen LogP contribution in [-0.2, 0) is 4.79 Å². The van der Waals surface area contributed by atoms with Crippen molar-refractivity contribution in [3.05, 3.63) is 66.4 Å². The lowest BCUT2D eigenvalue weighted by atomic mass is 9.94. The highest BCUT2D eigenvalue weighted by Crippen LogP contribution is 2.34. The van der Waals surface area contributed by atoms with Crippen LogP contribution in [0.1, 0.15) is 18.4 Å². The lowest BCUT2D eigenvalue weighted by Crippen LogP contribution is -2.38. The number of amides is 1. The van der Waals surface area contributed by atoms with Gasteiger partial charge in [-0.25, -0.2) is 0 Å². The van der Waals surface area contributed by atoms with Gasteiger partial charge in [0.25, 0.3) is 0 Å². The number of fused-ring (bicyclic) bond motifs is 1. The number of hydrogen-bond donors (Lipinski definition) is 1. The van der Waals surface area contributed by atoms with Crippen LogP contribution in [0.3, 0.4) is 0 Å². The van der Waals surface area contributed by atoms with Crippen molar-refractivity contribution < 1.29 is 9.53 Å². The van der Waals surface area contributed by atoms with Crippen molar-refractivity contribution in [3.63, 3.8) is 0 Å². The molecule has 1 amide bonds. The van der Waals surface area contributed by atoms with Crippen LogP contribution in [0.25, 0.3) is 10.9 Å². The molecule has 1 aliphatic heterocycles. The molecule has 0 saturated carbocycles. The predicted molar refractivity (Wildman–Crippen MR) is 107 cm³/mol. The number of para-hydroxylation sites is 1. The second-order valence-electron chi connectivity index (χ2n) is 6.94. The number of methoxy groups -OCH3 is 1. The Bertz CT molecular complexity index is 950. The van der Waals surface area contributed by atoms with Crippen LogP contribution < -0.4 is 15.0 Å². The zero-order valence-electron chi connectivity index (χ0n) is 15.6. The van der Waals surface area contributed by atoms with Gasteiger partial charge >= 0.3 is 0 Å². The Hall–Kier alpha value is -3.08. The fourth-order valence-electron chi connectivity index (χ4n) is 3.95. The maximum absolute atomic E-state index is 11.8. The van der Waals surface area contributed by atoms with Crippen LogP contribution in [-0.4, -0.2) is 37.1 Å². The summed E-state index contributed by atoms with van der Waals surface area (Å²) in [6.07, 6.45) is 1.85. The smallest absolute Gasteiger partial charge is 0.217 e. The van der Waals surface area contributed by atoms with E-state index in [1.807, 2.05) is 36.5 Å². The van der Waals surface area contributed by atoms with E-state index >= 15 is 0 Å². The van der Waals surface area contributed by atoms with Crippen molar-refractivity contribution in [2.75, 3.05) is 25.1 Å². The summed E-state index contributed by atoms with van der Waals surface area (Å²) in [6.45, 7) is 3.19. The number of aromatic nitrogens is 1. The molecule has 1 N–H and O–H groups in total. The molecule has 2 atom stereocenters. The molecule has 27 heavy (non-hydrogen) atoms. The molecule has 0 aliphatic carbocycles. The molecule has 0 spiro atoms. The number of pyridine rings is 1. The summed E-state index contributed by atoms with van der Waals surface area (Å²) in [4.78, 5) is 18.6. The molecule has 1 aromatic heterocycles. The maximum atomic E-state index is 11.8. The van der Waals surface area contributed by atoms with Crippen molar-refractivity contribution in [1.82, 2.24) is 10.3 Å². The highest BCUT2D eigenvalue weighted by molar-refractivity contribution is 5.91. The summed E-state index contributed by atoms with van der Waals surface area (Å²) < 4.78 is 5.27. The van der Waals surface area contributed by atoms with Crippen LogP contribution in [0.4, 0.5) is 5.69 Å². The fraction of sp³-hybridized carbons (Fsp3) is 0.273. The van der Waals surface area contributed by atoms with Gasteiger partial charge in [0, 0.05) is 43.2 Å². The number of anilines is 1. The first-order valence-corrected chi connectivity index (χ1v) is 9.15. The molecule has 0 radical (unpaired) electrons. The van der Waals surface area contributed by atoms with Gasteiger partial charge in [0.15, 0.2) is 0 Å². The monoisotopic (exact) mass is 361 g/mol. The lowest BCUT2D eigenvalue weighted by molar-refractivity contribution is -0.119. The summed E-state index contributed by atoms with van der Waals surface area (Å²) in [5, 5.41) is 4.28. The van der Waals surface area contributed by atoms with E-state index in [1.54, 1.807) is 14.0 Å². The highest BCUT2D eigenvalue weighted by atomic mass is 16.5. The van der Waals surface area contributed by atoms with Gasteiger partial charge in [0.05, 0.1) is 18.7 Å². The van der Waals surface area contributed by atoms with Crippen molar-refractivity contribution in [3.8, 4) is 5.75 Å². The van der Waals surface area contributed by atoms with E-state index in [0.29, 0.717) is 0 Å². The van der Waals surface area contributed by atoms with Crippen LogP contribution in [0.2, 0.25) is 0 Å². The topological polar surface area (TPSA) is 54.5 Å². The molecule has 0 unspecified atom stereocenters. The molecule has 5 heteroatoms. The Morgan fingerprint density at radius 3 is 2.63 bits per heavy atom. The summed E-state index contributed by atoms with van der Waals surface area (Å²) in [5.74, 6) is 1.05. The minimum absolute atomic E-state index is 0.0000481. The fourth-order valence-corrected chi connectivity index (χ4v) is 3.95. The zero-order chi connectivity index (χ0) is 18.8. The van der Waals surface area contributed by atoms with Gasteiger partial charge in [-0.15, -0.1) is 0 Å². The van der Waals surface area contributed by atoms with Gasteiger partial charge in [0.2, 0.25) is 5.91 Å². The highest BCUT2D eigenvalue weighted by Gasteiger charge is 2.35. The number of ether oxygens (including phenoxy) is 1. The molecular weight excluding hydrogens is 338 g/mol. The number of carbonyl (C=O) groups is 1. The van der Waals surface area contributed by atoms with Gasteiger partial charge in [0.1, 0.15) is 5.75 Å². The average Bonchev–Trinajstić information content (AvgIpc) is 3.10. The first-order valence-electron chi connectivity index (χ1n) is 9.15. The van der Waals surface area contributed by atoms with Crippen molar-refractivity contribution in [1.29, 1.82) is 0 Å². The molecule has 1 saturated heterocycles. The number of benzene rings is 2. The van der Waals surface area contributed by atoms with E-state index < -0.39 is 0 Å². The number of carbonyl (C=O) groups excluding carboxylic acids is 1. The van der Waals surface area contributed by atoms with E-state index in [4.69, 9.17) is 4.74 Å². The van der Waals surface area contributed by atoms with Gasteiger partial charge in [-0.2, -0.15) is 0 Å². The molecule has 0 bridgehead atoms. The Morgan fingerprint density at radius 2 is 1.89 bits per heavy atom. The summed E-state index contributed by atoms with van der Waals surface area (Å²) in [6, 6.07) is 18.4. The normalized spacial score (nSPS) is 19.3. The quantitative estimate of drug-likeness (QED) is 0.774. The summed E-state index contributed by atoms with van der Waals surface area (Å²) in [5.41, 5.74) is 3.35. The molecule has 1 aliphatic rings. The van der Waals surface area contributed by atoms with Crippen LogP contribution in [0, 0.1) is 0 Å². The zero-order valence-corrected chi connectivity index (χ0v) is 15.6. The van der Waals surface area contributed by atoms with E-state index in [1.165, 1.54) is 5.56 Å². The Kier molecular flexibility index (Phi) is 4.67. The van der Waals surface area contributed by atoms with Crippen molar-refractivity contribution in [2.24, 2.45) is 0 Å². The number of hydrogen-bond acceptors (Lipinski definition) is 4. The molecule has 3 aromatic rings. The second-order valence-corrected chi connectivity index (χ2v) is 6.94. The molecule has 1 fully saturated rings. The SMILES string of the molecule is COc1ccc([C@@H]2CN(c3ccnc4ccccc34)C[C@H]2NC(C)=O)cc1. The summed E-state index contributed by atoms with van der Waals surface area (Å²) in [7, 11) is 1.67. The first-order chi connectivity index (χ1) is 13.2. The molecule has 2 aromatic carbocycles. The third kappa shape index (κ3) is 3.45. The minimum atomic E-state index is -0.0000481. The number of nitrogens with zero attached hydrogens (tertiary/aromatic N) is 2. The third-order valence-electron chi connectivity index (χ3n) is 5.22. The van der Waals surface area contributed by atoms with Gasteiger partial charge in [-0.1, -0.05) is 30.3 Å². The largest absolute Gasteiger partial charge is 0.497 e. The van der Waals surface area contributed by atoms with Gasteiger partial charge in [-0.05, 0) is 29.8 Å². The minimum Gasteiger partial charge on any atom is -0.497 e. The van der Waals surface area contributed by atoms with E-state index in [9.17, 15) is 4.79 Å². The molecular formula is C22H23N3O2. The average molecular weight is 361 g/mol. The number of rotatable bonds is 4. The van der Waals surface area contributed by atoms with E-state index in [0.717, 1.165) is 35.4 Å². The Morgan fingerprint density at radius 1 is 1.11 bits per heavy atom. The standard InChI is InChI=1S/C22H23N3O2/c1-15(26)24-21-14-25(13-19(21)16-7-9-17(27-2)10-8-16)22-11-12-23-20-6-4-3-5-18(20)22/h3-12,19,21H,13-14H2,1-2H3,(H,24,26)/t19-,21+/m0/s1. The van der Waals surface area contributed by atoms with E-state index in [2.05, 4.69) is 39.5 Å². The predicted octanol–water partition coefficient (Wildman–Crippen LogP) is 3.35. The number of nitrogens with one attached hydrogen (secondary N) is 1. The second kappa shape index (κ2) is 7.27. The van der Waals surface area contributed by atoms with Crippen LogP contribution in [0.15, 0.2) is 60.8 Å². The van der Waals surface area contributed by atoms with E-state index in [-0.39, 0.29) is 17.9 Å².